The van der Waals surface area contributed by atoms with E-state index in [1.165, 1.54) is 21.7 Å². The van der Waals surface area contributed by atoms with Gasteiger partial charge in [-0.2, -0.15) is 0 Å². The largest absolute Gasteiger partial charge is 0.369 e. The SMILES string of the molecule is Cc1cc(C)cc(SN2CCN(c3ccccc3)CC2)c1. The van der Waals surface area contributed by atoms with E-state index in [1.807, 2.05) is 11.9 Å². The molecule has 1 fully saturated rings. The fourth-order valence-electron chi connectivity index (χ4n) is 2.81. The molecule has 2 aromatic rings. The Labute approximate surface area is 131 Å². The Hall–Kier alpha value is -1.45. The molecule has 0 atom stereocenters. The van der Waals surface area contributed by atoms with Gasteiger partial charge in [-0.05, 0) is 61.2 Å². The first-order valence-corrected chi connectivity index (χ1v) is 8.29. The molecule has 3 heteroatoms. The highest BCUT2D eigenvalue weighted by molar-refractivity contribution is 7.97. The molecule has 1 aliphatic rings. The first-order chi connectivity index (χ1) is 10.2. The minimum absolute atomic E-state index is 1.10. The minimum atomic E-state index is 1.10. The third-order valence-corrected chi connectivity index (χ3v) is 4.86. The van der Waals surface area contributed by atoms with Gasteiger partial charge in [0.2, 0.25) is 0 Å². The van der Waals surface area contributed by atoms with Crippen molar-refractivity contribution in [1.29, 1.82) is 0 Å². The number of benzene rings is 2. The fraction of sp³-hybridized carbons (Fsp3) is 0.333. The summed E-state index contributed by atoms with van der Waals surface area (Å²) in [5.74, 6) is 0. The molecule has 110 valence electrons. The van der Waals surface area contributed by atoms with Crippen LogP contribution in [0.2, 0.25) is 0 Å². The summed E-state index contributed by atoms with van der Waals surface area (Å²) in [7, 11) is 0. The van der Waals surface area contributed by atoms with Gasteiger partial charge in [0.05, 0.1) is 0 Å². The molecular weight excluding hydrogens is 276 g/mol. The summed E-state index contributed by atoms with van der Waals surface area (Å²) in [6.07, 6.45) is 0. The minimum Gasteiger partial charge on any atom is -0.369 e. The Morgan fingerprint density at radius 2 is 1.43 bits per heavy atom. The van der Waals surface area contributed by atoms with E-state index in [-0.39, 0.29) is 0 Å². The zero-order chi connectivity index (χ0) is 14.7. The molecule has 3 rings (SSSR count). The number of hydrogen-bond acceptors (Lipinski definition) is 3. The molecule has 2 aromatic carbocycles. The van der Waals surface area contributed by atoms with E-state index in [4.69, 9.17) is 0 Å². The van der Waals surface area contributed by atoms with Crippen molar-refractivity contribution in [2.75, 3.05) is 31.1 Å². The van der Waals surface area contributed by atoms with Crippen LogP contribution in [0.3, 0.4) is 0 Å². The molecule has 0 unspecified atom stereocenters. The van der Waals surface area contributed by atoms with Gasteiger partial charge in [0.1, 0.15) is 0 Å². The predicted molar refractivity (Wildman–Crippen MR) is 92.0 cm³/mol. The predicted octanol–water partition coefficient (Wildman–Crippen LogP) is 4.13. The average molecular weight is 298 g/mol. The summed E-state index contributed by atoms with van der Waals surface area (Å²) < 4.78 is 2.48. The standard InChI is InChI=1S/C18H22N2S/c1-15-12-16(2)14-18(13-15)21-20-10-8-19(9-11-20)17-6-4-3-5-7-17/h3-7,12-14H,8-11H2,1-2H3. The van der Waals surface area contributed by atoms with Crippen LogP contribution in [-0.4, -0.2) is 30.5 Å². The highest BCUT2D eigenvalue weighted by Gasteiger charge is 2.17. The lowest BCUT2D eigenvalue weighted by Gasteiger charge is -2.35. The van der Waals surface area contributed by atoms with E-state index in [2.05, 4.69) is 71.6 Å². The lowest BCUT2D eigenvalue weighted by atomic mass is 10.2. The van der Waals surface area contributed by atoms with Gasteiger partial charge in [0, 0.05) is 36.8 Å². The van der Waals surface area contributed by atoms with E-state index >= 15 is 0 Å². The van der Waals surface area contributed by atoms with Crippen LogP contribution in [0.5, 0.6) is 0 Å². The van der Waals surface area contributed by atoms with Gasteiger partial charge in [-0.3, -0.25) is 0 Å². The van der Waals surface area contributed by atoms with Gasteiger partial charge < -0.3 is 4.90 Å². The Morgan fingerprint density at radius 3 is 2.05 bits per heavy atom. The van der Waals surface area contributed by atoms with Gasteiger partial charge in [0.15, 0.2) is 0 Å². The molecule has 0 saturated carbocycles. The Morgan fingerprint density at radius 1 is 0.810 bits per heavy atom. The van der Waals surface area contributed by atoms with Crippen LogP contribution in [0.4, 0.5) is 5.69 Å². The molecule has 0 amide bonds. The van der Waals surface area contributed by atoms with E-state index < -0.39 is 0 Å². The number of aryl methyl sites for hydroxylation is 2. The molecule has 0 radical (unpaired) electrons. The third-order valence-electron chi connectivity index (χ3n) is 3.79. The first kappa shape index (κ1) is 14.5. The number of para-hydroxylation sites is 1. The third kappa shape index (κ3) is 3.80. The van der Waals surface area contributed by atoms with Crippen LogP contribution in [0.15, 0.2) is 53.4 Å². The van der Waals surface area contributed by atoms with Crippen molar-refractivity contribution in [3.05, 3.63) is 59.7 Å². The molecule has 1 aliphatic heterocycles. The number of nitrogens with zero attached hydrogens (tertiary/aromatic N) is 2. The zero-order valence-electron chi connectivity index (χ0n) is 12.7. The van der Waals surface area contributed by atoms with E-state index in [0.717, 1.165) is 26.2 Å². The Balaban J connectivity index is 1.58. The second-order valence-corrected chi connectivity index (χ2v) is 6.84. The second kappa shape index (κ2) is 6.54. The van der Waals surface area contributed by atoms with Crippen LogP contribution in [0.1, 0.15) is 11.1 Å². The van der Waals surface area contributed by atoms with Crippen molar-refractivity contribution in [3.63, 3.8) is 0 Å². The van der Waals surface area contributed by atoms with Crippen molar-refractivity contribution in [1.82, 2.24) is 4.31 Å². The van der Waals surface area contributed by atoms with Crippen LogP contribution >= 0.6 is 11.9 Å². The maximum absolute atomic E-state index is 2.48. The Kier molecular flexibility index (Phi) is 4.51. The maximum Gasteiger partial charge on any atom is 0.0367 e. The van der Waals surface area contributed by atoms with E-state index in [1.54, 1.807) is 0 Å². The highest BCUT2D eigenvalue weighted by Crippen LogP contribution is 2.27. The van der Waals surface area contributed by atoms with Crippen molar-refractivity contribution < 1.29 is 0 Å². The number of anilines is 1. The van der Waals surface area contributed by atoms with Crippen molar-refractivity contribution in [2.24, 2.45) is 0 Å². The summed E-state index contributed by atoms with van der Waals surface area (Å²) in [4.78, 5) is 3.83. The molecular formula is C18H22N2S. The monoisotopic (exact) mass is 298 g/mol. The van der Waals surface area contributed by atoms with Crippen LogP contribution in [-0.2, 0) is 0 Å². The molecule has 0 bridgehead atoms. The van der Waals surface area contributed by atoms with Crippen molar-refractivity contribution >= 4 is 17.6 Å². The molecule has 0 aliphatic carbocycles. The molecule has 21 heavy (non-hydrogen) atoms. The summed E-state index contributed by atoms with van der Waals surface area (Å²) in [5, 5.41) is 0. The molecule has 1 heterocycles. The van der Waals surface area contributed by atoms with Gasteiger partial charge in [-0.25, -0.2) is 4.31 Å². The quantitative estimate of drug-likeness (QED) is 0.787. The maximum atomic E-state index is 2.48. The molecule has 0 spiro atoms. The summed E-state index contributed by atoms with van der Waals surface area (Å²) >= 11 is 1.90. The summed E-state index contributed by atoms with van der Waals surface area (Å²) in [6, 6.07) is 17.5. The van der Waals surface area contributed by atoms with E-state index in [0.29, 0.717) is 0 Å². The molecule has 0 aromatic heterocycles. The van der Waals surface area contributed by atoms with Crippen molar-refractivity contribution in [2.45, 2.75) is 18.7 Å². The van der Waals surface area contributed by atoms with Gasteiger partial charge in [-0.15, -0.1) is 0 Å². The average Bonchev–Trinajstić information content (AvgIpc) is 2.48. The summed E-state index contributed by atoms with van der Waals surface area (Å²) in [5.41, 5.74) is 4.04. The number of hydrogen-bond donors (Lipinski definition) is 0. The molecule has 2 nitrogen and oxygen atoms in total. The lowest BCUT2D eigenvalue weighted by molar-refractivity contribution is 0.429. The molecule has 0 N–H and O–H groups in total. The molecule has 1 saturated heterocycles. The van der Waals surface area contributed by atoms with Crippen molar-refractivity contribution in [3.8, 4) is 0 Å². The number of piperazine rings is 1. The van der Waals surface area contributed by atoms with Gasteiger partial charge in [-0.1, -0.05) is 24.3 Å². The summed E-state index contributed by atoms with van der Waals surface area (Å²) in [6.45, 7) is 8.75. The zero-order valence-corrected chi connectivity index (χ0v) is 13.6. The van der Waals surface area contributed by atoms with Crippen LogP contribution < -0.4 is 4.90 Å². The first-order valence-electron chi connectivity index (χ1n) is 7.52. The second-order valence-electron chi connectivity index (χ2n) is 5.67. The highest BCUT2D eigenvalue weighted by atomic mass is 32.2. The smallest absolute Gasteiger partial charge is 0.0367 e. The lowest BCUT2D eigenvalue weighted by Crippen LogP contribution is -2.43. The normalized spacial score (nSPS) is 16.2. The van der Waals surface area contributed by atoms with Crippen LogP contribution in [0.25, 0.3) is 0 Å². The number of rotatable bonds is 3. The van der Waals surface area contributed by atoms with Crippen LogP contribution in [0, 0.1) is 13.8 Å². The topological polar surface area (TPSA) is 6.48 Å². The van der Waals surface area contributed by atoms with Gasteiger partial charge >= 0.3 is 0 Å². The van der Waals surface area contributed by atoms with E-state index in [9.17, 15) is 0 Å². The van der Waals surface area contributed by atoms with Gasteiger partial charge in [0.25, 0.3) is 0 Å². The fourth-order valence-corrected chi connectivity index (χ4v) is 3.93. The Bertz CT molecular complexity index is 569.